The highest BCUT2D eigenvalue weighted by atomic mass is 16.3. The molecular weight excluding hydrogens is 266 g/mol. The van der Waals surface area contributed by atoms with E-state index < -0.39 is 0 Å². The van der Waals surface area contributed by atoms with E-state index in [2.05, 4.69) is 10.3 Å². The van der Waals surface area contributed by atoms with Crippen LogP contribution >= 0.6 is 0 Å². The van der Waals surface area contributed by atoms with Crippen LogP contribution in [-0.2, 0) is 11.2 Å². The minimum absolute atomic E-state index is 0.148. The number of aliphatic hydroxyl groups excluding tert-OH is 1. The summed E-state index contributed by atoms with van der Waals surface area (Å²) in [5.74, 6) is 0.151. The maximum Gasteiger partial charge on any atom is 0.227 e. The number of aliphatic hydroxyl groups is 1. The third kappa shape index (κ3) is 2.94. The fraction of sp³-hybridized carbons (Fsp3) is 0.625. The Morgan fingerprint density at radius 3 is 3.05 bits per heavy atom. The Kier molecular flexibility index (Phi) is 4.22. The van der Waals surface area contributed by atoms with Crippen LogP contribution in [0.15, 0.2) is 24.5 Å². The van der Waals surface area contributed by atoms with Crippen molar-refractivity contribution in [1.29, 1.82) is 0 Å². The number of pyridine rings is 1. The van der Waals surface area contributed by atoms with Gasteiger partial charge in [0.15, 0.2) is 0 Å². The van der Waals surface area contributed by atoms with E-state index in [0.717, 1.165) is 37.9 Å². The normalized spacial score (nSPS) is 29.0. The molecule has 1 amide bonds. The summed E-state index contributed by atoms with van der Waals surface area (Å²) >= 11 is 0. The lowest BCUT2D eigenvalue weighted by molar-refractivity contribution is -0.136. The Balaban J connectivity index is 1.68. The number of likely N-dealkylation sites (tertiary alicyclic amines) is 1. The summed E-state index contributed by atoms with van der Waals surface area (Å²) in [6.07, 6.45) is 6.86. The zero-order valence-electron chi connectivity index (χ0n) is 12.3. The van der Waals surface area contributed by atoms with E-state index >= 15 is 0 Å². The molecule has 5 nitrogen and oxygen atoms in total. The highest BCUT2D eigenvalue weighted by molar-refractivity contribution is 5.79. The van der Waals surface area contributed by atoms with Crippen molar-refractivity contribution >= 4 is 5.91 Å². The summed E-state index contributed by atoms with van der Waals surface area (Å²) < 4.78 is 0. The van der Waals surface area contributed by atoms with E-state index in [4.69, 9.17) is 0 Å². The van der Waals surface area contributed by atoms with Crippen molar-refractivity contribution in [2.24, 2.45) is 5.41 Å². The van der Waals surface area contributed by atoms with Crippen LogP contribution in [-0.4, -0.2) is 53.2 Å². The van der Waals surface area contributed by atoms with Gasteiger partial charge < -0.3 is 15.3 Å². The molecule has 0 radical (unpaired) electrons. The van der Waals surface area contributed by atoms with Gasteiger partial charge in [-0.2, -0.15) is 0 Å². The number of rotatable bonds is 3. The number of carbonyl (C=O) groups excluding carboxylic acids is 1. The molecule has 2 aliphatic heterocycles. The minimum Gasteiger partial charge on any atom is -0.396 e. The van der Waals surface area contributed by atoms with Crippen molar-refractivity contribution in [2.75, 3.05) is 26.2 Å². The third-order valence-corrected chi connectivity index (χ3v) is 4.95. The van der Waals surface area contributed by atoms with Gasteiger partial charge in [-0.25, -0.2) is 0 Å². The van der Waals surface area contributed by atoms with Gasteiger partial charge in [-0.15, -0.1) is 0 Å². The second kappa shape index (κ2) is 6.12. The van der Waals surface area contributed by atoms with Crippen molar-refractivity contribution in [3.05, 3.63) is 30.1 Å². The van der Waals surface area contributed by atoms with Gasteiger partial charge in [-0.1, -0.05) is 0 Å². The highest BCUT2D eigenvalue weighted by Crippen LogP contribution is 2.37. The first-order chi connectivity index (χ1) is 10.2. The second-order valence-corrected chi connectivity index (χ2v) is 6.27. The van der Waals surface area contributed by atoms with Crippen LogP contribution in [0, 0.1) is 5.41 Å². The van der Waals surface area contributed by atoms with Crippen LogP contribution < -0.4 is 5.32 Å². The molecule has 0 aliphatic carbocycles. The Morgan fingerprint density at radius 2 is 2.29 bits per heavy atom. The molecule has 114 valence electrons. The Labute approximate surface area is 125 Å². The fourth-order valence-corrected chi connectivity index (χ4v) is 3.69. The number of aromatic nitrogens is 1. The van der Waals surface area contributed by atoms with Crippen molar-refractivity contribution in [1.82, 2.24) is 15.2 Å². The molecule has 2 N–H and O–H groups in total. The van der Waals surface area contributed by atoms with Crippen molar-refractivity contribution in [3.63, 3.8) is 0 Å². The smallest absolute Gasteiger partial charge is 0.227 e. The first kappa shape index (κ1) is 14.5. The van der Waals surface area contributed by atoms with Crippen molar-refractivity contribution in [3.8, 4) is 0 Å². The standard InChI is InChI=1S/C16H23N3O2/c20-12-16-5-1-6-18-14(16)4-9-19(11-16)15(21)10-13-2-7-17-8-3-13/h2-3,7-8,14,18,20H,1,4-6,9-12H2/t14-,16-/m1/s1. The molecule has 0 bridgehead atoms. The van der Waals surface area contributed by atoms with Crippen LogP contribution in [0.1, 0.15) is 24.8 Å². The highest BCUT2D eigenvalue weighted by Gasteiger charge is 2.45. The zero-order valence-corrected chi connectivity index (χ0v) is 12.3. The summed E-state index contributed by atoms with van der Waals surface area (Å²) in [5, 5.41) is 13.4. The lowest BCUT2D eigenvalue weighted by Gasteiger charge is -2.50. The number of hydrogen-bond donors (Lipinski definition) is 2. The minimum atomic E-state index is -0.148. The van der Waals surface area contributed by atoms with E-state index in [9.17, 15) is 9.90 Å². The average Bonchev–Trinajstić information content (AvgIpc) is 2.55. The van der Waals surface area contributed by atoms with Crippen LogP contribution in [0.3, 0.4) is 0 Å². The van der Waals surface area contributed by atoms with E-state index in [0.29, 0.717) is 19.0 Å². The average molecular weight is 289 g/mol. The molecule has 0 aromatic carbocycles. The Bertz CT molecular complexity index is 494. The van der Waals surface area contributed by atoms with Crippen LogP contribution in [0.5, 0.6) is 0 Å². The van der Waals surface area contributed by atoms with Crippen LogP contribution in [0.2, 0.25) is 0 Å². The molecular formula is C16H23N3O2. The molecule has 3 rings (SSSR count). The van der Waals surface area contributed by atoms with Gasteiger partial charge in [-0.05, 0) is 43.5 Å². The molecule has 2 aliphatic rings. The van der Waals surface area contributed by atoms with Gasteiger partial charge in [0.05, 0.1) is 13.0 Å². The predicted molar refractivity (Wildman–Crippen MR) is 79.7 cm³/mol. The quantitative estimate of drug-likeness (QED) is 0.854. The molecule has 3 heterocycles. The zero-order chi connectivity index (χ0) is 14.7. The van der Waals surface area contributed by atoms with Gasteiger partial charge >= 0.3 is 0 Å². The van der Waals surface area contributed by atoms with E-state index in [1.807, 2.05) is 17.0 Å². The largest absolute Gasteiger partial charge is 0.396 e. The van der Waals surface area contributed by atoms with Gasteiger partial charge in [0.25, 0.3) is 0 Å². The number of nitrogens with one attached hydrogen (secondary N) is 1. The molecule has 2 fully saturated rings. The van der Waals surface area contributed by atoms with Crippen molar-refractivity contribution in [2.45, 2.75) is 31.7 Å². The summed E-state index contributed by atoms with van der Waals surface area (Å²) in [4.78, 5) is 18.4. The molecule has 0 unspecified atom stereocenters. The van der Waals surface area contributed by atoms with Crippen LogP contribution in [0.4, 0.5) is 0 Å². The van der Waals surface area contributed by atoms with Crippen LogP contribution in [0.25, 0.3) is 0 Å². The summed E-state index contributed by atoms with van der Waals surface area (Å²) in [6.45, 7) is 2.63. The van der Waals surface area contributed by atoms with Gasteiger partial charge in [0.1, 0.15) is 0 Å². The molecule has 0 spiro atoms. The van der Waals surface area contributed by atoms with E-state index in [1.54, 1.807) is 12.4 Å². The maximum atomic E-state index is 12.5. The SMILES string of the molecule is O=C(Cc1ccncc1)N1CC[C@H]2NCCC[C@]2(CO)C1. The number of amides is 1. The monoisotopic (exact) mass is 289 g/mol. The molecule has 1 aromatic rings. The molecule has 2 saturated heterocycles. The lowest BCUT2D eigenvalue weighted by Crippen LogP contribution is -2.62. The van der Waals surface area contributed by atoms with E-state index in [-0.39, 0.29) is 17.9 Å². The van der Waals surface area contributed by atoms with Crippen molar-refractivity contribution < 1.29 is 9.90 Å². The summed E-state index contributed by atoms with van der Waals surface area (Å²) in [6, 6.07) is 4.12. The van der Waals surface area contributed by atoms with Gasteiger partial charge in [0, 0.05) is 36.9 Å². The second-order valence-electron chi connectivity index (χ2n) is 6.27. The number of hydrogen-bond acceptors (Lipinski definition) is 4. The topological polar surface area (TPSA) is 65.5 Å². The number of nitrogens with zero attached hydrogens (tertiary/aromatic N) is 2. The number of piperidine rings is 2. The molecule has 1 aromatic heterocycles. The number of fused-ring (bicyclic) bond motifs is 1. The molecule has 2 atom stereocenters. The maximum absolute atomic E-state index is 12.5. The first-order valence-electron chi connectivity index (χ1n) is 7.74. The van der Waals surface area contributed by atoms with Gasteiger partial charge in [-0.3, -0.25) is 9.78 Å². The van der Waals surface area contributed by atoms with E-state index in [1.165, 1.54) is 0 Å². The summed E-state index contributed by atoms with van der Waals surface area (Å²) in [5.41, 5.74) is 0.849. The molecule has 0 saturated carbocycles. The molecule has 21 heavy (non-hydrogen) atoms. The summed E-state index contributed by atoms with van der Waals surface area (Å²) in [7, 11) is 0. The fourth-order valence-electron chi connectivity index (χ4n) is 3.69. The number of carbonyl (C=O) groups is 1. The lowest BCUT2D eigenvalue weighted by atomic mass is 9.70. The predicted octanol–water partition coefficient (Wildman–Crippen LogP) is 0.587. The van der Waals surface area contributed by atoms with Gasteiger partial charge in [0.2, 0.25) is 5.91 Å². The molecule has 5 heteroatoms. The Hall–Kier alpha value is -1.46. The Morgan fingerprint density at radius 1 is 1.48 bits per heavy atom. The third-order valence-electron chi connectivity index (χ3n) is 4.95. The first-order valence-corrected chi connectivity index (χ1v) is 7.74.